The predicted molar refractivity (Wildman–Crippen MR) is 92.2 cm³/mol. The van der Waals surface area contributed by atoms with Crippen LogP contribution in [-0.2, 0) is 10.0 Å². The first-order valence-electron chi connectivity index (χ1n) is 7.03. The van der Waals surface area contributed by atoms with E-state index in [0.717, 1.165) is 25.7 Å². The van der Waals surface area contributed by atoms with Gasteiger partial charge in [-0.15, -0.1) is 0 Å². The molecule has 0 unspecified atom stereocenters. The molecule has 0 amide bonds. The molecule has 0 spiro atoms. The summed E-state index contributed by atoms with van der Waals surface area (Å²) in [4.78, 5) is 0.114. The zero-order chi connectivity index (χ0) is 16.3. The van der Waals surface area contributed by atoms with Crippen LogP contribution in [0.1, 0.15) is 25.7 Å². The number of benzene rings is 1. The van der Waals surface area contributed by atoms with Gasteiger partial charge in [0.1, 0.15) is 4.90 Å². The summed E-state index contributed by atoms with van der Waals surface area (Å²) in [6.45, 7) is 1.07. The van der Waals surface area contributed by atoms with Gasteiger partial charge in [-0.05, 0) is 50.8 Å². The first-order chi connectivity index (χ1) is 10.4. The molecule has 0 radical (unpaired) electrons. The van der Waals surface area contributed by atoms with Gasteiger partial charge < -0.3 is 9.47 Å². The molecule has 5 nitrogen and oxygen atoms in total. The van der Waals surface area contributed by atoms with Crippen LogP contribution in [0.25, 0.3) is 0 Å². The first-order valence-corrected chi connectivity index (χ1v) is 10.1. The van der Waals surface area contributed by atoms with E-state index >= 15 is 0 Å². The molecule has 0 aliphatic carbocycles. The van der Waals surface area contributed by atoms with E-state index in [-0.39, 0.29) is 10.6 Å². The van der Waals surface area contributed by atoms with Crippen molar-refractivity contribution in [1.29, 1.82) is 0 Å². The van der Waals surface area contributed by atoms with E-state index in [2.05, 4.69) is 31.9 Å². The van der Waals surface area contributed by atoms with Crippen LogP contribution in [0, 0.1) is 0 Å². The Balaban J connectivity index is 2.60. The fourth-order valence-corrected chi connectivity index (χ4v) is 5.75. The first kappa shape index (κ1) is 18.0. The predicted octanol–water partition coefficient (Wildman–Crippen LogP) is 3.79. The molecule has 0 N–H and O–H groups in total. The maximum Gasteiger partial charge on any atom is 0.248 e. The highest BCUT2D eigenvalue weighted by molar-refractivity contribution is 9.13. The molecule has 8 heteroatoms. The van der Waals surface area contributed by atoms with E-state index in [1.54, 1.807) is 6.07 Å². The van der Waals surface area contributed by atoms with E-state index in [0.29, 0.717) is 27.8 Å². The van der Waals surface area contributed by atoms with Crippen molar-refractivity contribution in [3.8, 4) is 11.5 Å². The average molecular weight is 457 g/mol. The highest BCUT2D eigenvalue weighted by atomic mass is 79.9. The van der Waals surface area contributed by atoms with Gasteiger partial charge in [-0.2, -0.15) is 4.31 Å². The summed E-state index contributed by atoms with van der Waals surface area (Å²) in [5, 5.41) is 0. The maximum absolute atomic E-state index is 13.1. The minimum atomic E-state index is -3.66. The number of rotatable bonds is 4. The number of sulfonamides is 1. The van der Waals surface area contributed by atoms with Gasteiger partial charge in [-0.1, -0.05) is 12.8 Å². The molecule has 0 atom stereocenters. The zero-order valence-corrected chi connectivity index (χ0v) is 16.6. The van der Waals surface area contributed by atoms with Crippen LogP contribution in [0.4, 0.5) is 0 Å². The third-order valence-corrected chi connectivity index (χ3v) is 7.88. The molecule has 1 aliphatic heterocycles. The van der Waals surface area contributed by atoms with Crippen molar-refractivity contribution in [3.05, 3.63) is 15.0 Å². The summed E-state index contributed by atoms with van der Waals surface area (Å²) < 4.78 is 39.4. The Kier molecular flexibility index (Phi) is 6.15. The molecule has 2 rings (SSSR count). The monoisotopic (exact) mass is 455 g/mol. The minimum Gasteiger partial charge on any atom is -0.493 e. The average Bonchev–Trinajstić information content (AvgIpc) is 2.78. The number of ether oxygens (including phenoxy) is 2. The van der Waals surface area contributed by atoms with Crippen molar-refractivity contribution < 1.29 is 17.9 Å². The normalized spacial score (nSPS) is 17.1. The standard InChI is InChI=1S/C14H19Br2NO4S/c1-20-11-9-10(15)12(16)14(13(11)21-2)22(18,19)17-7-5-3-4-6-8-17/h9H,3-8H2,1-2H3. The van der Waals surface area contributed by atoms with Crippen LogP contribution in [0.5, 0.6) is 11.5 Å². The molecular formula is C14H19Br2NO4S. The van der Waals surface area contributed by atoms with Crippen LogP contribution in [0.2, 0.25) is 0 Å². The molecule has 0 aromatic heterocycles. The summed E-state index contributed by atoms with van der Waals surface area (Å²) in [5.74, 6) is 0.604. The molecule has 0 bridgehead atoms. The van der Waals surface area contributed by atoms with Crippen LogP contribution in [-0.4, -0.2) is 40.0 Å². The summed E-state index contributed by atoms with van der Waals surface area (Å²) in [6, 6.07) is 1.68. The number of hydrogen-bond donors (Lipinski definition) is 0. The van der Waals surface area contributed by atoms with Crippen molar-refractivity contribution in [3.63, 3.8) is 0 Å². The van der Waals surface area contributed by atoms with Gasteiger partial charge in [0.05, 0.1) is 18.7 Å². The topological polar surface area (TPSA) is 55.8 Å². The summed E-state index contributed by atoms with van der Waals surface area (Å²) >= 11 is 6.74. The Morgan fingerprint density at radius 1 is 1.05 bits per heavy atom. The van der Waals surface area contributed by atoms with Gasteiger partial charge in [0, 0.05) is 17.6 Å². The maximum atomic E-state index is 13.1. The van der Waals surface area contributed by atoms with Crippen molar-refractivity contribution in [2.75, 3.05) is 27.3 Å². The lowest BCUT2D eigenvalue weighted by Crippen LogP contribution is -2.32. The minimum absolute atomic E-state index is 0.114. The van der Waals surface area contributed by atoms with E-state index < -0.39 is 10.0 Å². The smallest absolute Gasteiger partial charge is 0.248 e. The molecule has 124 valence electrons. The summed E-state index contributed by atoms with van der Waals surface area (Å²) in [6.07, 6.45) is 3.88. The lowest BCUT2D eigenvalue weighted by atomic mass is 10.2. The third-order valence-electron chi connectivity index (χ3n) is 3.68. The lowest BCUT2D eigenvalue weighted by molar-refractivity contribution is 0.343. The van der Waals surface area contributed by atoms with Crippen molar-refractivity contribution in [2.24, 2.45) is 0 Å². The Morgan fingerprint density at radius 2 is 1.64 bits per heavy atom. The fourth-order valence-electron chi connectivity index (χ4n) is 2.55. The Morgan fingerprint density at radius 3 is 2.14 bits per heavy atom. The summed E-state index contributed by atoms with van der Waals surface area (Å²) in [7, 11) is -0.732. The third kappa shape index (κ3) is 3.44. The number of methoxy groups -OCH3 is 2. The SMILES string of the molecule is COc1cc(Br)c(Br)c(S(=O)(=O)N2CCCCCC2)c1OC. The summed E-state index contributed by atoms with van der Waals surface area (Å²) in [5.41, 5.74) is 0. The Labute approximate surface area is 148 Å². The van der Waals surface area contributed by atoms with E-state index in [4.69, 9.17) is 9.47 Å². The molecule has 1 aromatic carbocycles. The van der Waals surface area contributed by atoms with Gasteiger partial charge in [0.2, 0.25) is 10.0 Å². The van der Waals surface area contributed by atoms with Crippen LogP contribution < -0.4 is 9.47 Å². The van der Waals surface area contributed by atoms with Crippen LogP contribution in [0.3, 0.4) is 0 Å². The van der Waals surface area contributed by atoms with Gasteiger partial charge in [-0.3, -0.25) is 0 Å². The Bertz CT molecular complexity index is 641. The number of halogens is 2. The quantitative estimate of drug-likeness (QED) is 0.691. The second-order valence-corrected chi connectivity index (χ2v) is 8.58. The van der Waals surface area contributed by atoms with E-state index in [1.165, 1.54) is 18.5 Å². The molecule has 22 heavy (non-hydrogen) atoms. The second-order valence-electron chi connectivity index (χ2n) is 5.06. The fraction of sp³-hybridized carbons (Fsp3) is 0.571. The van der Waals surface area contributed by atoms with Crippen molar-refractivity contribution in [2.45, 2.75) is 30.6 Å². The molecule has 1 aliphatic rings. The van der Waals surface area contributed by atoms with Crippen molar-refractivity contribution >= 4 is 41.9 Å². The van der Waals surface area contributed by atoms with E-state index in [9.17, 15) is 8.42 Å². The molecule has 0 saturated carbocycles. The molecule has 1 aromatic rings. The lowest BCUT2D eigenvalue weighted by Gasteiger charge is -2.23. The molecule has 1 fully saturated rings. The van der Waals surface area contributed by atoms with Gasteiger partial charge in [-0.25, -0.2) is 8.42 Å². The molecule has 1 saturated heterocycles. The number of hydrogen-bond acceptors (Lipinski definition) is 4. The van der Waals surface area contributed by atoms with Crippen LogP contribution >= 0.6 is 31.9 Å². The Hall–Kier alpha value is -0.310. The highest BCUT2D eigenvalue weighted by Gasteiger charge is 2.33. The van der Waals surface area contributed by atoms with E-state index in [1.807, 2.05) is 0 Å². The zero-order valence-electron chi connectivity index (χ0n) is 12.6. The molecule has 1 heterocycles. The second kappa shape index (κ2) is 7.51. The van der Waals surface area contributed by atoms with Gasteiger partial charge in [0.15, 0.2) is 11.5 Å². The highest BCUT2D eigenvalue weighted by Crippen LogP contribution is 2.45. The van der Waals surface area contributed by atoms with Gasteiger partial charge in [0.25, 0.3) is 0 Å². The number of nitrogens with zero attached hydrogens (tertiary/aromatic N) is 1. The van der Waals surface area contributed by atoms with Crippen LogP contribution in [0.15, 0.2) is 19.9 Å². The van der Waals surface area contributed by atoms with Crippen molar-refractivity contribution in [1.82, 2.24) is 4.31 Å². The largest absolute Gasteiger partial charge is 0.493 e. The molecular weight excluding hydrogens is 438 g/mol. The van der Waals surface area contributed by atoms with Gasteiger partial charge >= 0.3 is 0 Å².